The number of ether oxygens (including phenoxy) is 2. The normalized spacial score (nSPS) is 14.9. The number of benzene rings is 2. The molecule has 12 heteroatoms. The minimum atomic E-state index is -0.725. The largest absolute Gasteiger partial charge is 0.497 e. The highest BCUT2D eigenvalue weighted by Crippen LogP contribution is 2.35. The van der Waals surface area contributed by atoms with Crippen molar-refractivity contribution in [3.63, 3.8) is 0 Å². The van der Waals surface area contributed by atoms with E-state index in [9.17, 15) is 19.7 Å². The minimum Gasteiger partial charge on any atom is -0.497 e. The molecule has 0 N–H and O–H groups in total. The highest BCUT2D eigenvalue weighted by molar-refractivity contribution is 7.98. The number of esters is 1. The number of methoxy groups -OCH3 is 1. The van der Waals surface area contributed by atoms with Crippen LogP contribution >= 0.6 is 23.1 Å². The van der Waals surface area contributed by atoms with E-state index in [2.05, 4.69) is 4.99 Å². The maximum absolute atomic E-state index is 13.8. The van der Waals surface area contributed by atoms with Crippen LogP contribution in [0.3, 0.4) is 0 Å². The van der Waals surface area contributed by atoms with Crippen molar-refractivity contribution < 1.29 is 23.6 Å². The number of rotatable bonds is 8. The quantitative estimate of drug-likeness (QED) is 0.125. The number of furan rings is 1. The number of carbonyl (C=O) groups excluding carboxylic acids is 1. The molecule has 2 aromatic heterocycles. The number of carbonyl (C=O) groups is 1. The molecule has 1 aliphatic rings. The molecule has 1 aliphatic heterocycles. The van der Waals surface area contributed by atoms with Gasteiger partial charge in [-0.25, -0.2) is 9.79 Å². The zero-order valence-corrected chi connectivity index (χ0v) is 24.2. The molecule has 0 spiro atoms. The van der Waals surface area contributed by atoms with Crippen LogP contribution in [0.1, 0.15) is 31.2 Å². The van der Waals surface area contributed by atoms with Gasteiger partial charge in [0.2, 0.25) is 0 Å². The average molecular weight is 592 g/mol. The van der Waals surface area contributed by atoms with Gasteiger partial charge in [0.05, 0.1) is 52.1 Å². The molecule has 0 aliphatic carbocycles. The van der Waals surface area contributed by atoms with Gasteiger partial charge in [-0.05, 0) is 62.1 Å². The topological polar surface area (TPSA) is 126 Å². The van der Waals surface area contributed by atoms with Crippen molar-refractivity contribution in [1.29, 1.82) is 0 Å². The first kappa shape index (κ1) is 28.1. The SMILES string of the molecule is CCOC(=O)C1=C(C)N=c2sc(=Cc3ccc(-c4ccc(OC)cc4[N+](=O)[O-])o3)c(=O)n2C1c1ccc(SC)cc1. The number of hydrogen-bond donors (Lipinski definition) is 0. The Morgan fingerprint density at radius 3 is 2.63 bits per heavy atom. The van der Waals surface area contributed by atoms with E-state index in [0.717, 1.165) is 21.8 Å². The van der Waals surface area contributed by atoms with Gasteiger partial charge in [0.1, 0.15) is 17.3 Å². The number of fused-ring (bicyclic) bond motifs is 1. The van der Waals surface area contributed by atoms with Gasteiger partial charge in [-0.2, -0.15) is 0 Å². The van der Waals surface area contributed by atoms with Crippen LogP contribution < -0.4 is 19.6 Å². The van der Waals surface area contributed by atoms with Gasteiger partial charge in [0, 0.05) is 11.0 Å². The highest BCUT2D eigenvalue weighted by Gasteiger charge is 2.33. The van der Waals surface area contributed by atoms with Crippen molar-refractivity contribution in [1.82, 2.24) is 4.57 Å². The Labute approximate surface area is 242 Å². The molecule has 0 radical (unpaired) electrons. The fraction of sp³-hybridized carbons (Fsp3) is 0.207. The number of nitro benzene ring substituents is 1. The third-order valence-electron chi connectivity index (χ3n) is 6.52. The molecular formula is C29H25N3O7S2. The van der Waals surface area contributed by atoms with Crippen molar-refractivity contribution in [2.24, 2.45) is 4.99 Å². The lowest BCUT2D eigenvalue weighted by Crippen LogP contribution is -2.39. The lowest BCUT2D eigenvalue weighted by molar-refractivity contribution is -0.384. The van der Waals surface area contributed by atoms with E-state index in [1.807, 2.05) is 30.5 Å². The average Bonchev–Trinajstić information content (AvgIpc) is 3.56. The fourth-order valence-electron chi connectivity index (χ4n) is 4.60. The van der Waals surface area contributed by atoms with Crippen LogP contribution in [0.25, 0.3) is 17.4 Å². The van der Waals surface area contributed by atoms with E-state index >= 15 is 0 Å². The van der Waals surface area contributed by atoms with Crippen LogP contribution in [0.5, 0.6) is 5.75 Å². The Morgan fingerprint density at radius 1 is 1.22 bits per heavy atom. The molecule has 0 saturated carbocycles. The number of aromatic nitrogens is 1. The Hall–Kier alpha value is -4.42. The lowest BCUT2D eigenvalue weighted by Gasteiger charge is -2.24. The second kappa shape index (κ2) is 11.6. The van der Waals surface area contributed by atoms with Gasteiger partial charge in [-0.15, -0.1) is 11.8 Å². The third-order valence-corrected chi connectivity index (χ3v) is 8.24. The predicted octanol–water partition coefficient (Wildman–Crippen LogP) is 4.70. The summed E-state index contributed by atoms with van der Waals surface area (Å²) >= 11 is 2.76. The van der Waals surface area contributed by atoms with Gasteiger partial charge in [-0.3, -0.25) is 19.5 Å². The number of nitro groups is 1. The Balaban J connectivity index is 1.62. The summed E-state index contributed by atoms with van der Waals surface area (Å²) in [5, 5.41) is 11.7. The fourth-order valence-corrected chi connectivity index (χ4v) is 6.03. The molecule has 3 heterocycles. The third kappa shape index (κ3) is 5.35. The van der Waals surface area contributed by atoms with Crippen LogP contribution in [-0.2, 0) is 9.53 Å². The van der Waals surface area contributed by atoms with E-state index in [4.69, 9.17) is 13.9 Å². The first-order chi connectivity index (χ1) is 19.7. The van der Waals surface area contributed by atoms with Crippen molar-refractivity contribution in [3.05, 3.63) is 107 Å². The molecule has 210 valence electrons. The maximum Gasteiger partial charge on any atom is 0.338 e. The molecule has 2 aromatic carbocycles. The first-order valence-corrected chi connectivity index (χ1v) is 14.6. The molecule has 1 unspecified atom stereocenters. The van der Waals surface area contributed by atoms with E-state index in [1.54, 1.807) is 56.0 Å². The maximum atomic E-state index is 13.8. The molecule has 0 bridgehead atoms. The van der Waals surface area contributed by atoms with E-state index in [-0.39, 0.29) is 29.2 Å². The molecule has 0 amide bonds. The summed E-state index contributed by atoms with van der Waals surface area (Å²) in [6, 6.07) is 14.7. The zero-order chi connectivity index (χ0) is 29.3. The summed E-state index contributed by atoms with van der Waals surface area (Å²) in [6.07, 6.45) is 3.54. The molecule has 1 atom stereocenters. The molecule has 0 fully saturated rings. The summed E-state index contributed by atoms with van der Waals surface area (Å²) in [5.74, 6) is 0.422. The second-order valence-corrected chi connectivity index (χ2v) is 10.8. The highest BCUT2D eigenvalue weighted by atomic mass is 32.2. The predicted molar refractivity (Wildman–Crippen MR) is 156 cm³/mol. The monoisotopic (exact) mass is 591 g/mol. The molecule has 41 heavy (non-hydrogen) atoms. The van der Waals surface area contributed by atoms with Gasteiger partial charge in [-0.1, -0.05) is 23.5 Å². The summed E-state index contributed by atoms with van der Waals surface area (Å²) in [4.78, 5) is 44.1. The van der Waals surface area contributed by atoms with Gasteiger partial charge in [0.15, 0.2) is 4.80 Å². The van der Waals surface area contributed by atoms with Crippen molar-refractivity contribution in [3.8, 4) is 17.1 Å². The minimum absolute atomic E-state index is 0.168. The Morgan fingerprint density at radius 2 is 1.98 bits per heavy atom. The summed E-state index contributed by atoms with van der Waals surface area (Å²) in [7, 11) is 1.43. The van der Waals surface area contributed by atoms with Crippen LogP contribution in [0.15, 0.2) is 85.0 Å². The van der Waals surface area contributed by atoms with Gasteiger partial charge < -0.3 is 13.9 Å². The first-order valence-electron chi connectivity index (χ1n) is 12.5. The van der Waals surface area contributed by atoms with E-state index in [0.29, 0.717) is 32.1 Å². The summed E-state index contributed by atoms with van der Waals surface area (Å²) in [6.45, 7) is 3.64. The van der Waals surface area contributed by atoms with E-state index < -0.39 is 16.9 Å². The standard InChI is InChI=1S/C29H25N3O7S2/c1-5-38-28(34)25-16(2)30-29-31(26(25)17-6-10-20(40-4)11-7-17)27(33)24(41-29)15-19-9-13-23(39-19)21-12-8-18(37-3)14-22(21)32(35)36/h6-15,26H,5H2,1-4H3. The van der Waals surface area contributed by atoms with Crippen molar-refractivity contribution >= 4 is 40.8 Å². The Kier molecular flexibility index (Phi) is 7.95. The number of nitrogens with zero attached hydrogens (tertiary/aromatic N) is 3. The van der Waals surface area contributed by atoms with Gasteiger partial charge >= 0.3 is 5.97 Å². The smallest absolute Gasteiger partial charge is 0.338 e. The zero-order valence-electron chi connectivity index (χ0n) is 22.6. The molecule has 10 nitrogen and oxygen atoms in total. The second-order valence-electron chi connectivity index (χ2n) is 8.92. The van der Waals surface area contributed by atoms with Crippen LogP contribution in [0, 0.1) is 10.1 Å². The van der Waals surface area contributed by atoms with Crippen molar-refractivity contribution in [2.75, 3.05) is 20.0 Å². The molecular weight excluding hydrogens is 566 g/mol. The van der Waals surface area contributed by atoms with Crippen molar-refractivity contribution in [2.45, 2.75) is 24.8 Å². The molecule has 5 rings (SSSR count). The lowest BCUT2D eigenvalue weighted by atomic mass is 9.96. The number of thioether (sulfide) groups is 1. The summed E-state index contributed by atoms with van der Waals surface area (Å²) in [5.41, 5.74) is 1.28. The number of hydrogen-bond acceptors (Lipinski definition) is 10. The van der Waals surface area contributed by atoms with E-state index in [1.165, 1.54) is 17.7 Å². The number of allylic oxidation sites excluding steroid dienone is 1. The van der Waals surface area contributed by atoms with Crippen LogP contribution in [0.4, 0.5) is 5.69 Å². The Bertz CT molecular complexity index is 1870. The number of thiazole rings is 1. The molecule has 4 aromatic rings. The van der Waals surface area contributed by atoms with Gasteiger partial charge in [0.25, 0.3) is 11.2 Å². The molecule has 0 saturated heterocycles. The van der Waals surface area contributed by atoms with Crippen LogP contribution in [-0.4, -0.2) is 35.4 Å². The summed E-state index contributed by atoms with van der Waals surface area (Å²) < 4.78 is 18.2. The van der Waals surface area contributed by atoms with Crippen LogP contribution in [0.2, 0.25) is 0 Å².